The zero-order valence-corrected chi connectivity index (χ0v) is 14.4. The van der Waals surface area contributed by atoms with E-state index in [1.807, 2.05) is 24.3 Å². The predicted molar refractivity (Wildman–Crippen MR) is 89.1 cm³/mol. The lowest BCUT2D eigenvalue weighted by Crippen LogP contribution is -2.14. The average Bonchev–Trinajstić information content (AvgIpc) is 3.08. The van der Waals surface area contributed by atoms with Crippen molar-refractivity contribution in [2.24, 2.45) is 0 Å². The van der Waals surface area contributed by atoms with Gasteiger partial charge in [-0.2, -0.15) is 4.98 Å². The summed E-state index contributed by atoms with van der Waals surface area (Å²) in [6.07, 6.45) is 0. The molecule has 0 radical (unpaired) electrons. The molecule has 1 aromatic heterocycles. The Morgan fingerprint density at radius 1 is 1.20 bits per heavy atom. The minimum absolute atomic E-state index is 0.160. The molecule has 0 N–H and O–H groups in total. The van der Waals surface area contributed by atoms with Crippen LogP contribution in [0.15, 0.2) is 57.5 Å². The molecule has 25 heavy (non-hydrogen) atoms. The fourth-order valence-corrected chi connectivity index (χ4v) is 2.31. The number of nitrogens with zero attached hydrogens (tertiary/aromatic N) is 2. The second-order valence-electron chi connectivity index (χ2n) is 4.93. The first-order valence-corrected chi connectivity index (χ1v) is 8.02. The van der Waals surface area contributed by atoms with Gasteiger partial charge in [-0.3, -0.25) is 0 Å². The van der Waals surface area contributed by atoms with Crippen molar-refractivity contribution in [1.29, 1.82) is 0 Å². The summed E-state index contributed by atoms with van der Waals surface area (Å²) in [5.74, 6) is -0.0489. The van der Waals surface area contributed by atoms with Gasteiger partial charge in [-0.05, 0) is 36.4 Å². The number of ether oxygens (including phenoxy) is 2. The largest absolute Gasteiger partial charge is 0.482 e. The van der Waals surface area contributed by atoms with Crippen molar-refractivity contribution < 1.29 is 23.2 Å². The third kappa shape index (κ3) is 4.87. The Bertz CT molecular complexity index is 867. The van der Waals surface area contributed by atoms with Crippen LogP contribution < -0.4 is 4.74 Å². The Balaban J connectivity index is 1.50. The van der Waals surface area contributed by atoms with Crippen molar-refractivity contribution in [2.45, 2.75) is 6.61 Å². The number of benzene rings is 2. The molecule has 0 atom stereocenters. The quantitative estimate of drug-likeness (QED) is 0.580. The summed E-state index contributed by atoms with van der Waals surface area (Å²) in [5, 5.41) is 3.84. The van der Waals surface area contributed by atoms with Crippen molar-refractivity contribution in [3.8, 4) is 17.1 Å². The van der Waals surface area contributed by atoms with Crippen LogP contribution in [0.3, 0.4) is 0 Å². The molecule has 0 spiro atoms. The fourth-order valence-electron chi connectivity index (χ4n) is 1.92. The number of carbonyl (C=O) groups is 1. The maximum absolute atomic E-state index is 12.8. The molecule has 0 saturated heterocycles. The van der Waals surface area contributed by atoms with Gasteiger partial charge in [-0.15, -0.1) is 0 Å². The molecule has 0 unspecified atom stereocenters. The number of esters is 1. The van der Waals surface area contributed by atoms with Gasteiger partial charge in [0.05, 0.1) is 0 Å². The lowest BCUT2D eigenvalue weighted by atomic mass is 10.2. The van der Waals surface area contributed by atoms with E-state index in [2.05, 4.69) is 26.1 Å². The zero-order chi connectivity index (χ0) is 17.6. The smallest absolute Gasteiger partial charge is 0.344 e. The number of aromatic nitrogens is 2. The van der Waals surface area contributed by atoms with Crippen molar-refractivity contribution >= 4 is 21.9 Å². The SMILES string of the molecule is O=C(COc1ccc(F)cc1)OCc1nc(-c2cccc(Br)c2)no1. The molecule has 0 amide bonds. The first-order chi connectivity index (χ1) is 12.1. The van der Waals surface area contributed by atoms with E-state index in [1.54, 1.807) is 0 Å². The maximum Gasteiger partial charge on any atom is 0.344 e. The fraction of sp³-hybridized carbons (Fsp3) is 0.118. The Labute approximate surface area is 150 Å². The van der Waals surface area contributed by atoms with Gasteiger partial charge in [0, 0.05) is 10.0 Å². The van der Waals surface area contributed by atoms with E-state index < -0.39 is 5.97 Å². The third-order valence-electron chi connectivity index (χ3n) is 3.08. The summed E-state index contributed by atoms with van der Waals surface area (Å²) in [5.41, 5.74) is 0.773. The van der Waals surface area contributed by atoms with Gasteiger partial charge in [0.25, 0.3) is 5.89 Å². The number of halogens is 2. The van der Waals surface area contributed by atoms with E-state index in [-0.39, 0.29) is 24.9 Å². The average molecular weight is 407 g/mol. The van der Waals surface area contributed by atoms with Crippen molar-refractivity contribution in [1.82, 2.24) is 10.1 Å². The van der Waals surface area contributed by atoms with Crippen LogP contribution in [-0.4, -0.2) is 22.7 Å². The molecule has 0 aliphatic carbocycles. The van der Waals surface area contributed by atoms with Gasteiger partial charge in [0.1, 0.15) is 11.6 Å². The topological polar surface area (TPSA) is 74.5 Å². The Kier molecular flexibility index (Phi) is 5.39. The second kappa shape index (κ2) is 7.89. The lowest BCUT2D eigenvalue weighted by Gasteiger charge is -2.05. The maximum atomic E-state index is 12.8. The first kappa shape index (κ1) is 17.1. The van der Waals surface area contributed by atoms with E-state index >= 15 is 0 Å². The summed E-state index contributed by atoms with van der Waals surface area (Å²) in [4.78, 5) is 15.8. The highest BCUT2D eigenvalue weighted by Crippen LogP contribution is 2.20. The van der Waals surface area contributed by atoms with Crippen LogP contribution in [-0.2, 0) is 16.1 Å². The summed E-state index contributed by atoms with van der Waals surface area (Å²) >= 11 is 3.37. The summed E-state index contributed by atoms with van der Waals surface area (Å²) in [6, 6.07) is 12.7. The highest BCUT2D eigenvalue weighted by Gasteiger charge is 2.12. The summed E-state index contributed by atoms with van der Waals surface area (Å²) in [7, 11) is 0. The molecule has 0 fully saturated rings. The molecule has 3 aromatic rings. The van der Waals surface area contributed by atoms with Crippen molar-refractivity contribution in [2.75, 3.05) is 6.61 Å². The summed E-state index contributed by atoms with van der Waals surface area (Å²) in [6.45, 7) is -0.467. The van der Waals surface area contributed by atoms with E-state index in [4.69, 9.17) is 14.0 Å². The lowest BCUT2D eigenvalue weighted by molar-refractivity contribution is -0.148. The molecule has 8 heteroatoms. The van der Waals surface area contributed by atoms with E-state index in [1.165, 1.54) is 24.3 Å². The molecule has 0 aliphatic heterocycles. The standard InChI is InChI=1S/C17H12BrFN2O4/c18-12-3-1-2-11(8-12)17-20-15(25-21-17)9-24-16(22)10-23-14-6-4-13(19)5-7-14/h1-8H,9-10H2. The summed E-state index contributed by atoms with van der Waals surface area (Å²) < 4.78 is 28.9. The normalized spacial score (nSPS) is 10.5. The van der Waals surface area contributed by atoms with Crippen molar-refractivity contribution in [3.05, 3.63) is 64.7 Å². The second-order valence-corrected chi connectivity index (χ2v) is 5.84. The molecule has 0 aliphatic rings. The number of rotatable bonds is 6. The number of hydrogen-bond donors (Lipinski definition) is 0. The van der Waals surface area contributed by atoms with Crippen LogP contribution in [0.2, 0.25) is 0 Å². The van der Waals surface area contributed by atoms with Crippen LogP contribution in [0.25, 0.3) is 11.4 Å². The minimum atomic E-state index is -0.605. The Morgan fingerprint density at radius 3 is 2.76 bits per heavy atom. The van der Waals surface area contributed by atoms with E-state index in [0.717, 1.165) is 10.0 Å². The molecular formula is C17H12BrFN2O4. The Hall–Kier alpha value is -2.74. The highest BCUT2D eigenvalue weighted by molar-refractivity contribution is 9.10. The van der Waals surface area contributed by atoms with Gasteiger partial charge in [-0.25, -0.2) is 9.18 Å². The monoisotopic (exact) mass is 406 g/mol. The first-order valence-electron chi connectivity index (χ1n) is 7.23. The predicted octanol–water partition coefficient (Wildman–Crippen LogP) is 3.76. The van der Waals surface area contributed by atoms with Crippen molar-refractivity contribution in [3.63, 3.8) is 0 Å². The highest BCUT2D eigenvalue weighted by atomic mass is 79.9. The minimum Gasteiger partial charge on any atom is -0.482 e. The van der Waals surface area contributed by atoms with Crippen LogP contribution >= 0.6 is 15.9 Å². The van der Waals surface area contributed by atoms with Crippen LogP contribution in [0, 0.1) is 5.82 Å². The molecule has 2 aromatic carbocycles. The van der Waals surface area contributed by atoms with Gasteiger partial charge in [-0.1, -0.05) is 33.2 Å². The molecular weight excluding hydrogens is 395 g/mol. The molecule has 128 valence electrons. The van der Waals surface area contributed by atoms with Crippen LogP contribution in [0.4, 0.5) is 4.39 Å². The van der Waals surface area contributed by atoms with Crippen LogP contribution in [0.1, 0.15) is 5.89 Å². The third-order valence-corrected chi connectivity index (χ3v) is 3.57. The van der Waals surface area contributed by atoms with Gasteiger partial charge >= 0.3 is 5.97 Å². The number of hydrogen-bond acceptors (Lipinski definition) is 6. The van der Waals surface area contributed by atoms with E-state index in [0.29, 0.717) is 11.6 Å². The molecule has 3 rings (SSSR count). The molecule has 6 nitrogen and oxygen atoms in total. The molecule has 1 heterocycles. The number of carbonyl (C=O) groups excluding carboxylic acids is 1. The zero-order valence-electron chi connectivity index (χ0n) is 12.8. The molecule has 0 bridgehead atoms. The Morgan fingerprint density at radius 2 is 2.00 bits per heavy atom. The van der Waals surface area contributed by atoms with Crippen LogP contribution in [0.5, 0.6) is 5.75 Å². The van der Waals surface area contributed by atoms with Gasteiger partial charge < -0.3 is 14.0 Å². The molecule has 0 saturated carbocycles. The van der Waals surface area contributed by atoms with Gasteiger partial charge in [0.15, 0.2) is 13.2 Å². The van der Waals surface area contributed by atoms with E-state index in [9.17, 15) is 9.18 Å². The van der Waals surface area contributed by atoms with Gasteiger partial charge in [0.2, 0.25) is 5.82 Å².